The highest BCUT2D eigenvalue weighted by Gasteiger charge is 2.15. The number of pyridine rings is 1. The van der Waals surface area contributed by atoms with Crippen molar-refractivity contribution in [3.05, 3.63) is 23.9 Å². The number of aromatic carboxylic acids is 1. The number of carboxylic acids is 1. The summed E-state index contributed by atoms with van der Waals surface area (Å²) in [7, 11) is 0. The van der Waals surface area contributed by atoms with E-state index in [2.05, 4.69) is 10.3 Å². The molecule has 1 aromatic rings. The fraction of sp³-hybridized carbons (Fsp3) is 0.455. The number of carbonyl (C=O) groups is 1. The van der Waals surface area contributed by atoms with E-state index < -0.39 is 5.97 Å². The minimum Gasteiger partial charge on any atom is -0.478 e. The Morgan fingerprint density at radius 1 is 1.59 bits per heavy atom. The summed E-state index contributed by atoms with van der Waals surface area (Å²) in [4.78, 5) is 14.6. The summed E-state index contributed by atoms with van der Waals surface area (Å²) in [6.45, 7) is 2.03. The molecule has 0 spiro atoms. The monoisotopic (exact) mass is 256 g/mol. The number of rotatable bonds is 6. The molecule has 2 atom stereocenters. The maximum absolute atomic E-state index is 10.6. The minimum absolute atomic E-state index is 0.0539. The van der Waals surface area contributed by atoms with Gasteiger partial charge >= 0.3 is 5.97 Å². The van der Waals surface area contributed by atoms with Crippen molar-refractivity contribution in [2.75, 3.05) is 18.2 Å². The molecule has 3 N–H and O–H groups in total. The highest BCUT2D eigenvalue weighted by atomic mass is 32.2. The van der Waals surface area contributed by atoms with Crippen LogP contribution in [0.1, 0.15) is 17.3 Å². The van der Waals surface area contributed by atoms with Gasteiger partial charge in [0.1, 0.15) is 5.82 Å². The van der Waals surface area contributed by atoms with Crippen LogP contribution in [0.2, 0.25) is 0 Å². The molecule has 0 saturated carbocycles. The Bertz CT molecular complexity index is 365. The van der Waals surface area contributed by atoms with Gasteiger partial charge in [-0.2, -0.15) is 11.8 Å². The number of anilines is 1. The van der Waals surface area contributed by atoms with Crippen molar-refractivity contribution in [2.45, 2.75) is 18.2 Å². The quantitative estimate of drug-likeness (QED) is 0.711. The number of aliphatic hydroxyl groups is 1. The van der Waals surface area contributed by atoms with Crippen LogP contribution in [0.25, 0.3) is 0 Å². The number of nitrogens with zero attached hydrogens (tertiary/aromatic N) is 1. The summed E-state index contributed by atoms with van der Waals surface area (Å²) in [5.74, 6) is -0.385. The third-order valence-electron chi connectivity index (χ3n) is 2.43. The highest BCUT2D eigenvalue weighted by molar-refractivity contribution is 7.99. The molecule has 0 aliphatic rings. The van der Waals surface area contributed by atoms with E-state index in [0.29, 0.717) is 5.82 Å². The van der Waals surface area contributed by atoms with Crippen molar-refractivity contribution in [2.24, 2.45) is 0 Å². The lowest BCUT2D eigenvalue weighted by Crippen LogP contribution is -2.31. The number of nitrogens with one attached hydrogen (secondary N) is 1. The molecule has 5 nitrogen and oxygen atoms in total. The Morgan fingerprint density at radius 2 is 2.29 bits per heavy atom. The maximum atomic E-state index is 10.6. The predicted molar refractivity (Wildman–Crippen MR) is 68.7 cm³/mol. The van der Waals surface area contributed by atoms with E-state index in [-0.39, 0.29) is 23.5 Å². The molecule has 0 amide bonds. The SMILES string of the molecule is CSC(CO)C(C)Nc1ccc(C(=O)O)cn1. The predicted octanol–water partition coefficient (Wildman–Crippen LogP) is 1.30. The van der Waals surface area contributed by atoms with Gasteiger partial charge < -0.3 is 15.5 Å². The lowest BCUT2D eigenvalue weighted by molar-refractivity contribution is 0.0696. The number of aromatic nitrogens is 1. The van der Waals surface area contributed by atoms with Gasteiger partial charge in [0.25, 0.3) is 0 Å². The van der Waals surface area contributed by atoms with Crippen molar-refractivity contribution in [1.29, 1.82) is 0 Å². The van der Waals surface area contributed by atoms with E-state index in [4.69, 9.17) is 10.2 Å². The van der Waals surface area contributed by atoms with Gasteiger partial charge in [0.15, 0.2) is 0 Å². The topological polar surface area (TPSA) is 82.5 Å². The largest absolute Gasteiger partial charge is 0.478 e. The molecule has 0 bridgehead atoms. The van der Waals surface area contributed by atoms with Gasteiger partial charge in [-0.15, -0.1) is 0 Å². The molecular formula is C11H16N2O3S. The van der Waals surface area contributed by atoms with Gasteiger partial charge in [-0.3, -0.25) is 0 Å². The van der Waals surface area contributed by atoms with Crippen molar-refractivity contribution in [3.8, 4) is 0 Å². The average Bonchev–Trinajstić information content (AvgIpc) is 2.31. The first-order valence-corrected chi connectivity index (χ1v) is 6.46. The first kappa shape index (κ1) is 13.8. The smallest absolute Gasteiger partial charge is 0.337 e. The number of aliphatic hydroxyl groups excluding tert-OH is 1. The molecule has 94 valence electrons. The maximum Gasteiger partial charge on any atom is 0.337 e. The second kappa shape index (κ2) is 6.46. The van der Waals surface area contributed by atoms with Crippen LogP contribution in [-0.4, -0.2) is 45.3 Å². The van der Waals surface area contributed by atoms with Crippen molar-refractivity contribution in [1.82, 2.24) is 4.98 Å². The zero-order valence-corrected chi connectivity index (χ0v) is 10.6. The van der Waals surface area contributed by atoms with Crippen molar-refractivity contribution >= 4 is 23.5 Å². The van der Waals surface area contributed by atoms with Crippen LogP contribution >= 0.6 is 11.8 Å². The molecule has 0 aliphatic heterocycles. The lowest BCUT2D eigenvalue weighted by atomic mass is 10.2. The van der Waals surface area contributed by atoms with E-state index in [1.807, 2.05) is 13.2 Å². The van der Waals surface area contributed by atoms with Gasteiger partial charge in [-0.25, -0.2) is 9.78 Å². The molecule has 1 aromatic heterocycles. The zero-order chi connectivity index (χ0) is 12.8. The van der Waals surface area contributed by atoms with Crippen LogP contribution < -0.4 is 5.32 Å². The van der Waals surface area contributed by atoms with E-state index in [1.165, 1.54) is 12.3 Å². The summed E-state index contributed by atoms with van der Waals surface area (Å²) < 4.78 is 0. The van der Waals surface area contributed by atoms with Gasteiger partial charge in [-0.05, 0) is 25.3 Å². The van der Waals surface area contributed by atoms with Crippen molar-refractivity contribution in [3.63, 3.8) is 0 Å². The first-order chi connectivity index (χ1) is 8.08. The summed E-state index contributed by atoms with van der Waals surface area (Å²) in [6, 6.07) is 3.17. The second-order valence-corrected chi connectivity index (χ2v) is 4.70. The zero-order valence-electron chi connectivity index (χ0n) is 9.75. The number of thioether (sulfide) groups is 1. The minimum atomic E-state index is -0.991. The van der Waals surface area contributed by atoms with Gasteiger partial charge in [0.2, 0.25) is 0 Å². The Kier molecular flexibility index (Phi) is 5.24. The fourth-order valence-corrected chi connectivity index (χ4v) is 1.99. The number of hydrogen-bond donors (Lipinski definition) is 3. The third-order valence-corrected chi connectivity index (χ3v) is 3.59. The first-order valence-electron chi connectivity index (χ1n) is 5.18. The molecule has 1 rings (SSSR count). The fourth-order valence-electron chi connectivity index (χ4n) is 1.37. The molecule has 0 aromatic carbocycles. The summed E-state index contributed by atoms with van der Waals surface area (Å²) in [5.41, 5.74) is 0.159. The van der Waals surface area contributed by atoms with E-state index in [1.54, 1.807) is 17.8 Å². The Hall–Kier alpha value is -1.27. The molecule has 17 heavy (non-hydrogen) atoms. The van der Waals surface area contributed by atoms with Crippen LogP contribution in [-0.2, 0) is 0 Å². The van der Waals surface area contributed by atoms with E-state index in [0.717, 1.165) is 0 Å². The lowest BCUT2D eigenvalue weighted by Gasteiger charge is -2.21. The van der Waals surface area contributed by atoms with Crippen LogP contribution in [0.4, 0.5) is 5.82 Å². The average molecular weight is 256 g/mol. The van der Waals surface area contributed by atoms with E-state index >= 15 is 0 Å². The van der Waals surface area contributed by atoms with Gasteiger partial charge in [-0.1, -0.05) is 0 Å². The normalized spacial score (nSPS) is 14.1. The standard InChI is InChI=1S/C11H16N2O3S/c1-7(9(6-14)17-2)13-10-4-3-8(5-12-10)11(15)16/h3-5,7,9,14H,6H2,1-2H3,(H,12,13)(H,15,16). The number of carboxylic acid groups (broad SMARTS) is 1. The van der Waals surface area contributed by atoms with Crippen LogP contribution in [0.15, 0.2) is 18.3 Å². The molecule has 2 unspecified atom stereocenters. The summed E-state index contributed by atoms with van der Waals surface area (Å²) >= 11 is 1.57. The second-order valence-electron chi connectivity index (χ2n) is 3.63. The van der Waals surface area contributed by atoms with Gasteiger partial charge in [0.05, 0.1) is 12.2 Å². The van der Waals surface area contributed by atoms with Crippen molar-refractivity contribution < 1.29 is 15.0 Å². The number of hydrogen-bond acceptors (Lipinski definition) is 5. The molecule has 0 aliphatic carbocycles. The molecule has 0 saturated heterocycles. The Morgan fingerprint density at radius 3 is 2.71 bits per heavy atom. The molecule has 0 radical (unpaired) electrons. The van der Waals surface area contributed by atoms with Crippen LogP contribution in [0, 0.1) is 0 Å². The summed E-state index contributed by atoms with van der Waals surface area (Å²) in [6.07, 6.45) is 3.24. The van der Waals surface area contributed by atoms with Gasteiger partial charge in [0, 0.05) is 17.5 Å². The molecule has 6 heteroatoms. The Balaban J connectivity index is 2.65. The van der Waals surface area contributed by atoms with E-state index in [9.17, 15) is 4.79 Å². The highest BCUT2D eigenvalue weighted by Crippen LogP contribution is 2.15. The molecular weight excluding hydrogens is 240 g/mol. The third kappa shape index (κ3) is 3.90. The molecule has 0 fully saturated rings. The Labute approximate surface area is 104 Å². The molecule has 1 heterocycles. The summed E-state index contributed by atoms with van der Waals surface area (Å²) in [5, 5.41) is 21.1. The van der Waals surface area contributed by atoms with Crippen LogP contribution in [0.3, 0.4) is 0 Å². The van der Waals surface area contributed by atoms with Crippen LogP contribution in [0.5, 0.6) is 0 Å².